The van der Waals surface area contributed by atoms with Crippen molar-refractivity contribution in [3.05, 3.63) is 65.2 Å². The second-order valence-corrected chi connectivity index (χ2v) is 9.42. The molecule has 7 heteroatoms. The molecule has 1 fully saturated rings. The predicted molar refractivity (Wildman–Crippen MR) is 108 cm³/mol. The number of benzene rings is 2. The highest BCUT2D eigenvalue weighted by Gasteiger charge is 2.29. The molecule has 0 radical (unpaired) electrons. The molecule has 1 amide bonds. The van der Waals surface area contributed by atoms with Crippen molar-refractivity contribution in [3.63, 3.8) is 0 Å². The number of sulfonamides is 1. The van der Waals surface area contributed by atoms with Crippen molar-refractivity contribution in [2.24, 2.45) is 0 Å². The van der Waals surface area contributed by atoms with E-state index in [0.717, 1.165) is 18.7 Å². The van der Waals surface area contributed by atoms with Gasteiger partial charge in [-0.15, -0.1) is 0 Å². The molecule has 6 nitrogen and oxygen atoms in total. The number of piperazine rings is 1. The van der Waals surface area contributed by atoms with Gasteiger partial charge in [-0.1, -0.05) is 30.3 Å². The number of carbonyl (C=O) groups is 1. The number of amides is 1. The first kappa shape index (κ1) is 19.1. The van der Waals surface area contributed by atoms with E-state index in [4.69, 9.17) is 0 Å². The Hall–Kier alpha value is -2.22. The lowest BCUT2D eigenvalue weighted by Gasteiger charge is -2.32. The van der Waals surface area contributed by atoms with E-state index in [1.54, 1.807) is 23.1 Å². The first-order valence-electron chi connectivity index (χ1n) is 9.60. The van der Waals surface area contributed by atoms with Crippen LogP contribution < -0.4 is 0 Å². The molecule has 2 heterocycles. The molecule has 2 aliphatic heterocycles. The van der Waals surface area contributed by atoms with Crippen molar-refractivity contribution in [1.82, 2.24) is 14.1 Å². The molecule has 0 unspecified atom stereocenters. The minimum absolute atomic E-state index is 0.103. The van der Waals surface area contributed by atoms with Gasteiger partial charge in [-0.2, -0.15) is 4.31 Å². The predicted octanol–water partition coefficient (Wildman–Crippen LogP) is 1.82. The Bertz CT molecular complexity index is 982. The van der Waals surface area contributed by atoms with Gasteiger partial charge >= 0.3 is 0 Å². The average Bonchev–Trinajstić information content (AvgIpc) is 2.73. The monoisotopic (exact) mass is 399 g/mol. The Morgan fingerprint density at radius 2 is 1.61 bits per heavy atom. The van der Waals surface area contributed by atoms with Gasteiger partial charge in [0.15, 0.2) is 0 Å². The Kier molecular flexibility index (Phi) is 5.23. The van der Waals surface area contributed by atoms with E-state index in [9.17, 15) is 13.2 Å². The van der Waals surface area contributed by atoms with E-state index in [1.807, 2.05) is 25.2 Å². The maximum absolute atomic E-state index is 13.2. The van der Waals surface area contributed by atoms with E-state index in [0.29, 0.717) is 38.2 Å². The second-order valence-electron chi connectivity index (χ2n) is 7.48. The van der Waals surface area contributed by atoms with Crippen LogP contribution in [0.15, 0.2) is 53.4 Å². The van der Waals surface area contributed by atoms with Gasteiger partial charge in [0.25, 0.3) is 5.91 Å². The SMILES string of the molecule is CN1CCN(C(=O)c2cccc(S(=O)(=O)N3CCc4ccccc4C3)c2)CC1. The number of rotatable bonds is 3. The largest absolute Gasteiger partial charge is 0.336 e. The van der Waals surface area contributed by atoms with Gasteiger partial charge in [0.05, 0.1) is 4.90 Å². The summed E-state index contributed by atoms with van der Waals surface area (Å²) in [7, 11) is -1.61. The van der Waals surface area contributed by atoms with Gasteiger partial charge in [0, 0.05) is 44.8 Å². The fourth-order valence-electron chi connectivity index (χ4n) is 3.81. The summed E-state index contributed by atoms with van der Waals surface area (Å²) in [5.41, 5.74) is 2.68. The standard InChI is InChI=1S/C21H25N3O3S/c1-22-11-13-23(14-12-22)21(25)18-7-4-8-20(15-18)28(26,27)24-10-9-17-5-2-3-6-19(17)16-24/h2-8,15H,9-14,16H2,1H3. The van der Waals surface area contributed by atoms with Crippen molar-refractivity contribution in [2.45, 2.75) is 17.9 Å². The molecule has 2 aromatic carbocycles. The van der Waals surface area contributed by atoms with Gasteiger partial charge in [-0.3, -0.25) is 4.79 Å². The fraction of sp³-hybridized carbons (Fsp3) is 0.381. The van der Waals surface area contributed by atoms with Crippen molar-refractivity contribution in [3.8, 4) is 0 Å². The maximum atomic E-state index is 13.2. The van der Waals surface area contributed by atoms with Crippen molar-refractivity contribution >= 4 is 15.9 Å². The number of likely N-dealkylation sites (N-methyl/N-ethyl adjacent to an activating group) is 1. The summed E-state index contributed by atoms with van der Waals surface area (Å²) in [4.78, 5) is 17.0. The van der Waals surface area contributed by atoms with Gasteiger partial charge in [0.2, 0.25) is 10.0 Å². The third-order valence-electron chi connectivity index (χ3n) is 5.60. The van der Waals surface area contributed by atoms with Crippen LogP contribution >= 0.6 is 0 Å². The zero-order valence-corrected chi connectivity index (χ0v) is 16.9. The van der Waals surface area contributed by atoms with Crippen LogP contribution in [0.2, 0.25) is 0 Å². The molecule has 0 N–H and O–H groups in total. The summed E-state index contributed by atoms with van der Waals surface area (Å²) in [6, 6.07) is 14.4. The summed E-state index contributed by atoms with van der Waals surface area (Å²) < 4.78 is 27.9. The molecule has 0 atom stereocenters. The van der Waals surface area contributed by atoms with E-state index in [2.05, 4.69) is 11.0 Å². The van der Waals surface area contributed by atoms with E-state index in [-0.39, 0.29) is 10.8 Å². The highest BCUT2D eigenvalue weighted by molar-refractivity contribution is 7.89. The van der Waals surface area contributed by atoms with E-state index >= 15 is 0 Å². The van der Waals surface area contributed by atoms with Gasteiger partial charge in [-0.05, 0) is 42.8 Å². The summed E-state index contributed by atoms with van der Waals surface area (Å²) >= 11 is 0. The topological polar surface area (TPSA) is 60.9 Å². The molecular formula is C21H25N3O3S. The van der Waals surface area contributed by atoms with Crippen LogP contribution in [0.25, 0.3) is 0 Å². The highest BCUT2D eigenvalue weighted by Crippen LogP contribution is 2.25. The first-order valence-corrected chi connectivity index (χ1v) is 11.0. The third-order valence-corrected chi connectivity index (χ3v) is 7.45. The molecule has 28 heavy (non-hydrogen) atoms. The molecular weight excluding hydrogens is 374 g/mol. The smallest absolute Gasteiger partial charge is 0.253 e. The summed E-state index contributed by atoms with van der Waals surface area (Å²) in [6.45, 7) is 3.81. The van der Waals surface area contributed by atoms with Crippen molar-refractivity contribution in [1.29, 1.82) is 0 Å². The van der Waals surface area contributed by atoms with Crippen molar-refractivity contribution in [2.75, 3.05) is 39.8 Å². The molecule has 4 rings (SSSR count). The van der Waals surface area contributed by atoms with E-state index in [1.165, 1.54) is 15.9 Å². The Labute approximate surface area is 166 Å². The van der Waals surface area contributed by atoms with Gasteiger partial charge in [0.1, 0.15) is 0 Å². The number of nitrogens with zero attached hydrogens (tertiary/aromatic N) is 3. The lowest BCUT2D eigenvalue weighted by molar-refractivity contribution is 0.0664. The quantitative estimate of drug-likeness (QED) is 0.790. The Balaban J connectivity index is 1.56. The highest BCUT2D eigenvalue weighted by atomic mass is 32.2. The summed E-state index contributed by atoms with van der Waals surface area (Å²) in [5.74, 6) is -0.103. The van der Waals surface area contributed by atoms with Crippen LogP contribution in [-0.2, 0) is 23.0 Å². The van der Waals surface area contributed by atoms with Crippen LogP contribution in [0.4, 0.5) is 0 Å². The molecule has 2 aromatic rings. The number of carbonyl (C=O) groups excluding carboxylic acids is 1. The summed E-state index contributed by atoms with van der Waals surface area (Å²) in [6.07, 6.45) is 0.704. The molecule has 2 aliphatic rings. The molecule has 0 saturated carbocycles. The summed E-state index contributed by atoms with van der Waals surface area (Å²) in [5, 5.41) is 0. The van der Waals surface area contributed by atoms with Crippen LogP contribution in [0.1, 0.15) is 21.5 Å². The number of fused-ring (bicyclic) bond motifs is 1. The first-order chi connectivity index (χ1) is 13.4. The van der Waals surface area contributed by atoms with Gasteiger partial charge < -0.3 is 9.80 Å². The lowest BCUT2D eigenvalue weighted by Crippen LogP contribution is -2.47. The maximum Gasteiger partial charge on any atom is 0.253 e. The van der Waals surface area contributed by atoms with Crippen LogP contribution in [0.5, 0.6) is 0 Å². The molecule has 0 bridgehead atoms. The number of hydrogen-bond acceptors (Lipinski definition) is 4. The molecule has 0 aliphatic carbocycles. The van der Waals surface area contributed by atoms with Crippen molar-refractivity contribution < 1.29 is 13.2 Å². The minimum atomic E-state index is -3.65. The Morgan fingerprint density at radius 1 is 0.893 bits per heavy atom. The van der Waals surface area contributed by atoms with Gasteiger partial charge in [-0.25, -0.2) is 8.42 Å². The lowest BCUT2D eigenvalue weighted by atomic mass is 10.0. The molecule has 1 saturated heterocycles. The molecule has 148 valence electrons. The fourth-order valence-corrected chi connectivity index (χ4v) is 5.27. The molecule has 0 spiro atoms. The average molecular weight is 400 g/mol. The Morgan fingerprint density at radius 3 is 2.36 bits per heavy atom. The molecule has 0 aromatic heterocycles. The van der Waals surface area contributed by atoms with E-state index < -0.39 is 10.0 Å². The van der Waals surface area contributed by atoms with Crippen LogP contribution in [0, 0.1) is 0 Å². The van der Waals surface area contributed by atoms with Crippen LogP contribution in [-0.4, -0.2) is 68.2 Å². The zero-order valence-electron chi connectivity index (χ0n) is 16.0. The van der Waals surface area contributed by atoms with Crippen LogP contribution in [0.3, 0.4) is 0 Å². The third kappa shape index (κ3) is 3.70. The normalized spacial score (nSPS) is 18.7. The second kappa shape index (κ2) is 7.66. The zero-order chi connectivity index (χ0) is 19.7. The minimum Gasteiger partial charge on any atom is -0.336 e. The number of hydrogen-bond donors (Lipinski definition) is 0.